The van der Waals surface area contributed by atoms with Crippen LogP contribution in [0.25, 0.3) is 0 Å². The number of hydrogen-bond acceptors (Lipinski definition) is 9. The van der Waals surface area contributed by atoms with E-state index in [1.54, 1.807) is 33.0 Å². The van der Waals surface area contributed by atoms with Crippen molar-refractivity contribution in [2.24, 2.45) is 11.8 Å². The molecule has 3 aliphatic rings. The van der Waals surface area contributed by atoms with Crippen LogP contribution in [-0.4, -0.2) is 86.5 Å². The number of benzene rings is 1. The third-order valence-electron chi connectivity index (χ3n) is 9.02. The number of carbonyl (C=O) groups is 3. The molecule has 2 saturated heterocycles. The maximum absolute atomic E-state index is 13.8. The quantitative estimate of drug-likeness (QED) is 0.431. The molecule has 3 aliphatic heterocycles. The SMILES string of the molecule is COc1cc2cc(c1Cl)N(C)C(=O)C[C@H](OCC(=O)C(C)C)[C@]1(C)O[C@H]1[C@H](C)[C@@H]1C[C@@](O)(NC(=O)O1)[C@H](OC)/C=C/C=C(\C)C2. The molecule has 12 heteroatoms. The van der Waals surface area contributed by atoms with Crippen LogP contribution in [0.4, 0.5) is 10.5 Å². The Morgan fingerprint density at radius 3 is 2.62 bits per heavy atom. The third kappa shape index (κ3) is 7.55. The zero-order valence-electron chi connectivity index (χ0n) is 27.2. The molecule has 0 aromatic heterocycles. The van der Waals surface area contributed by atoms with Crippen molar-refractivity contribution in [3.05, 3.63) is 46.5 Å². The minimum absolute atomic E-state index is 0.0184. The van der Waals surface area contributed by atoms with Crippen LogP contribution < -0.4 is 15.0 Å². The summed E-state index contributed by atoms with van der Waals surface area (Å²) in [5.41, 5.74) is -0.460. The van der Waals surface area contributed by atoms with Crippen LogP contribution in [0.2, 0.25) is 5.02 Å². The standard InChI is InChI=1S/C33H45ClN2O9/c1-18(2)23(37)17-43-27-15-28(38)36(6)22-13-21(14-24(41-7)29(22)34)12-19(3)10-9-11-26(42-8)33(40)16-25(44-31(39)35-33)20(4)30-32(27,5)45-30/h9-11,13-14,18,20,25-27,30,40H,12,15-17H2,1-8H3,(H,35,39)/b11-9+,19-10+/t20-,25+,26-,27+,30+,32+,33+/m1/s1. The van der Waals surface area contributed by atoms with Crippen molar-refractivity contribution >= 4 is 35.1 Å². The number of anilines is 1. The Bertz CT molecular complexity index is 1360. The number of amides is 2. The van der Waals surface area contributed by atoms with Crippen molar-refractivity contribution in [3.8, 4) is 5.75 Å². The minimum Gasteiger partial charge on any atom is -0.495 e. The van der Waals surface area contributed by atoms with Crippen molar-refractivity contribution in [3.63, 3.8) is 0 Å². The van der Waals surface area contributed by atoms with Gasteiger partial charge in [0.2, 0.25) is 5.91 Å². The van der Waals surface area contributed by atoms with E-state index < -0.39 is 47.8 Å². The normalized spacial score (nSPS) is 34.2. The van der Waals surface area contributed by atoms with Crippen LogP contribution in [0, 0.1) is 11.8 Å². The van der Waals surface area contributed by atoms with Crippen LogP contribution in [0.15, 0.2) is 35.9 Å². The van der Waals surface area contributed by atoms with Crippen LogP contribution in [0.1, 0.15) is 53.0 Å². The first-order chi connectivity index (χ1) is 21.1. The number of methoxy groups -OCH3 is 2. The van der Waals surface area contributed by atoms with E-state index in [2.05, 4.69) is 5.32 Å². The summed E-state index contributed by atoms with van der Waals surface area (Å²) in [6.45, 7) is 8.98. The van der Waals surface area contributed by atoms with Crippen molar-refractivity contribution < 1.29 is 43.2 Å². The first-order valence-electron chi connectivity index (χ1n) is 15.2. The zero-order chi connectivity index (χ0) is 33.3. The highest BCUT2D eigenvalue weighted by Crippen LogP contribution is 2.49. The minimum atomic E-state index is -1.76. The Morgan fingerprint density at radius 1 is 1.27 bits per heavy atom. The first-order valence-corrected chi connectivity index (χ1v) is 15.5. The number of nitrogens with one attached hydrogen (secondary N) is 1. The molecule has 1 aromatic rings. The van der Waals surface area contributed by atoms with Crippen molar-refractivity contribution in [1.29, 1.82) is 0 Å². The molecular weight excluding hydrogens is 604 g/mol. The third-order valence-corrected chi connectivity index (χ3v) is 9.40. The molecule has 7 atom stereocenters. The van der Waals surface area contributed by atoms with Gasteiger partial charge in [-0.2, -0.15) is 0 Å². The van der Waals surface area contributed by atoms with Crippen LogP contribution >= 0.6 is 11.6 Å². The number of nitrogens with zero attached hydrogens (tertiary/aromatic N) is 1. The van der Waals surface area contributed by atoms with Gasteiger partial charge >= 0.3 is 6.09 Å². The van der Waals surface area contributed by atoms with Gasteiger partial charge in [0.05, 0.1) is 31.4 Å². The number of ether oxygens (including phenoxy) is 5. The van der Waals surface area contributed by atoms with Gasteiger partial charge in [0.1, 0.15) is 35.2 Å². The van der Waals surface area contributed by atoms with E-state index in [-0.39, 0.29) is 42.1 Å². The maximum atomic E-state index is 13.8. The van der Waals surface area contributed by atoms with Gasteiger partial charge in [-0.3, -0.25) is 14.9 Å². The number of Topliss-reactive ketones (excluding diaryl/α,β-unsaturated/α-hetero) is 1. The van der Waals surface area contributed by atoms with Crippen LogP contribution in [-0.2, 0) is 35.0 Å². The second-order valence-corrected chi connectivity index (χ2v) is 13.1. The average Bonchev–Trinajstić information content (AvgIpc) is 3.68. The fourth-order valence-corrected chi connectivity index (χ4v) is 6.33. The summed E-state index contributed by atoms with van der Waals surface area (Å²) in [6, 6.07) is 3.66. The van der Waals surface area contributed by atoms with Gasteiger partial charge in [-0.1, -0.05) is 56.2 Å². The second-order valence-electron chi connectivity index (χ2n) is 12.7. The monoisotopic (exact) mass is 648 g/mol. The zero-order valence-corrected chi connectivity index (χ0v) is 28.0. The number of epoxide rings is 1. The van der Waals surface area contributed by atoms with E-state index in [4.69, 9.17) is 35.3 Å². The number of halogens is 1. The molecule has 0 unspecified atom stereocenters. The summed E-state index contributed by atoms with van der Waals surface area (Å²) >= 11 is 6.70. The lowest BCUT2D eigenvalue weighted by molar-refractivity contribution is -0.142. The molecule has 2 amide bonds. The van der Waals surface area contributed by atoms with E-state index >= 15 is 0 Å². The molecule has 45 heavy (non-hydrogen) atoms. The summed E-state index contributed by atoms with van der Waals surface area (Å²) in [6.07, 6.45) is 2.00. The number of allylic oxidation sites excluding steroid dienone is 3. The van der Waals surface area contributed by atoms with Gasteiger partial charge in [-0.25, -0.2) is 4.79 Å². The Morgan fingerprint density at radius 2 is 1.98 bits per heavy atom. The lowest BCUT2D eigenvalue weighted by atomic mass is 9.83. The number of alkyl carbamates (subject to hydrolysis) is 1. The summed E-state index contributed by atoms with van der Waals surface area (Å²) in [4.78, 5) is 40.6. The van der Waals surface area contributed by atoms with Gasteiger partial charge < -0.3 is 33.7 Å². The average molecular weight is 649 g/mol. The Kier molecular flexibility index (Phi) is 10.7. The van der Waals surface area contributed by atoms with Gasteiger partial charge in [-0.15, -0.1) is 0 Å². The predicted molar refractivity (Wildman–Crippen MR) is 168 cm³/mol. The highest BCUT2D eigenvalue weighted by Gasteiger charge is 2.63. The van der Waals surface area contributed by atoms with E-state index in [0.717, 1.165) is 11.1 Å². The summed E-state index contributed by atoms with van der Waals surface area (Å²) in [7, 11) is 4.60. The smallest absolute Gasteiger partial charge is 0.409 e. The van der Waals surface area contributed by atoms with Crippen molar-refractivity contribution in [2.45, 2.75) is 89.6 Å². The fraction of sp³-hybridized carbons (Fsp3) is 0.606. The Balaban J connectivity index is 1.78. The number of fused-ring (bicyclic) bond motifs is 5. The molecule has 11 nitrogen and oxygen atoms in total. The molecule has 3 heterocycles. The highest BCUT2D eigenvalue weighted by molar-refractivity contribution is 6.35. The van der Waals surface area contributed by atoms with Crippen molar-refractivity contribution in [1.82, 2.24) is 5.32 Å². The number of rotatable bonds is 6. The molecule has 0 saturated carbocycles. The van der Waals surface area contributed by atoms with Gasteiger partial charge in [0.25, 0.3) is 0 Å². The fourth-order valence-electron chi connectivity index (χ4n) is 6.02. The number of carbonyl (C=O) groups excluding carboxylic acids is 3. The summed E-state index contributed by atoms with van der Waals surface area (Å²) < 4.78 is 29.1. The van der Waals surface area contributed by atoms with Gasteiger partial charge in [0, 0.05) is 32.4 Å². The molecule has 248 valence electrons. The van der Waals surface area contributed by atoms with E-state index in [9.17, 15) is 19.5 Å². The molecule has 0 aliphatic carbocycles. The lowest BCUT2D eigenvalue weighted by Crippen LogP contribution is -2.63. The van der Waals surface area contributed by atoms with E-state index in [0.29, 0.717) is 17.9 Å². The molecule has 1 aromatic carbocycles. The number of hydrogen-bond donors (Lipinski definition) is 2. The Labute approximate surface area is 269 Å². The van der Waals surface area contributed by atoms with E-state index in [1.165, 1.54) is 19.1 Å². The molecule has 0 radical (unpaired) electrons. The second kappa shape index (κ2) is 13.8. The Hall–Kier alpha value is -2.96. The molecule has 4 bridgehead atoms. The summed E-state index contributed by atoms with van der Waals surface area (Å²) in [5.74, 6) is -0.659. The van der Waals surface area contributed by atoms with E-state index in [1.807, 2.05) is 39.0 Å². The van der Waals surface area contributed by atoms with Gasteiger partial charge in [-0.05, 0) is 38.0 Å². The molecule has 0 spiro atoms. The highest BCUT2D eigenvalue weighted by atomic mass is 35.5. The number of ketones is 1. The first kappa shape index (κ1) is 34.9. The van der Waals surface area contributed by atoms with Crippen LogP contribution in [0.3, 0.4) is 0 Å². The predicted octanol–water partition coefficient (Wildman–Crippen LogP) is 4.37. The van der Waals surface area contributed by atoms with Crippen LogP contribution in [0.5, 0.6) is 5.75 Å². The van der Waals surface area contributed by atoms with Gasteiger partial charge in [0.15, 0.2) is 11.5 Å². The van der Waals surface area contributed by atoms with Crippen molar-refractivity contribution in [2.75, 3.05) is 32.8 Å². The largest absolute Gasteiger partial charge is 0.495 e. The molecule has 2 fully saturated rings. The maximum Gasteiger partial charge on any atom is 0.409 e. The summed E-state index contributed by atoms with van der Waals surface area (Å²) in [5, 5.41) is 14.4. The molecule has 2 N–H and O–H groups in total. The lowest BCUT2D eigenvalue weighted by Gasteiger charge is -2.42. The number of aliphatic hydroxyl groups is 1. The molecule has 4 rings (SSSR count). The topological polar surface area (TPSA) is 136 Å². The molecular formula is C33H45ClN2O9.